The molecule has 1 aliphatic rings. The standard InChI is InChI=1S/C11H13N3O2/c12-10(15)7-1-3-9(4-2-7)14-11(16)8-5-13-6-8/h1-4,8,13H,5-6H2,(H2,12,15)(H,14,16). The molecular weight excluding hydrogens is 206 g/mol. The van der Waals surface area contributed by atoms with Crippen LogP contribution >= 0.6 is 0 Å². The van der Waals surface area contributed by atoms with Gasteiger partial charge in [0.1, 0.15) is 0 Å². The van der Waals surface area contributed by atoms with Gasteiger partial charge in [0, 0.05) is 24.3 Å². The van der Waals surface area contributed by atoms with Crippen LogP contribution in [0.3, 0.4) is 0 Å². The third-order valence-corrected chi connectivity index (χ3v) is 2.59. The zero-order valence-electron chi connectivity index (χ0n) is 8.69. The molecule has 0 radical (unpaired) electrons. The molecular formula is C11H13N3O2. The van der Waals surface area contributed by atoms with Gasteiger partial charge >= 0.3 is 0 Å². The maximum atomic E-state index is 11.6. The first-order valence-corrected chi connectivity index (χ1v) is 5.08. The highest BCUT2D eigenvalue weighted by Crippen LogP contribution is 2.12. The fourth-order valence-electron chi connectivity index (χ4n) is 1.44. The summed E-state index contributed by atoms with van der Waals surface area (Å²) in [7, 11) is 0. The predicted octanol–water partition coefficient (Wildman–Crippen LogP) is -0.0566. The predicted molar refractivity (Wildman–Crippen MR) is 59.9 cm³/mol. The summed E-state index contributed by atoms with van der Waals surface area (Å²) >= 11 is 0. The van der Waals surface area contributed by atoms with Crippen molar-refractivity contribution < 1.29 is 9.59 Å². The van der Waals surface area contributed by atoms with Crippen LogP contribution in [-0.2, 0) is 4.79 Å². The van der Waals surface area contributed by atoms with Crippen LogP contribution in [-0.4, -0.2) is 24.9 Å². The molecule has 1 aromatic carbocycles. The first-order valence-electron chi connectivity index (χ1n) is 5.08. The van der Waals surface area contributed by atoms with Crippen molar-refractivity contribution >= 4 is 17.5 Å². The van der Waals surface area contributed by atoms with Crippen LogP contribution in [0.4, 0.5) is 5.69 Å². The van der Waals surface area contributed by atoms with E-state index in [2.05, 4.69) is 10.6 Å². The highest BCUT2D eigenvalue weighted by atomic mass is 16.2. The van der Waals surface area contributed by atoms with Crippen molar-refractivity contribution in [2.24, 2.45) is 11.7 Å². The van der Waals surface area contributed by atoms with Gasteiger partial charge in [0.25, 0.3) is 0 Å². The molecule has 5 nitrogen and oxygen atoms in total. The highest BCUT2D eigenvalue weighted by Gasteiger charge is 2.24. The molecule has 4 N–H and O–H groups in total. The SMILES string of the molecule is NC(=O)c1ccc(NC(=O)C2CNC2)cc1. The lowest BCUT2D eigenvalue weighted by molar-refractivity contribution is -0.121. The first-order chi connectivity index (χ1) is 7.66. The van der Waals surface area contributed by atoms with E-state index < -0.39 is 5.91 Å². The molecule has 0 aromatic heterocycles. The Kier molecular flexibility index (Phi) is 2.87. The summed E-state index contributed by atoms with van der Waals surface area (Å²) in [5, 5.41) is 5.81. The van der Waals surface area contributed by atoms with Gasteiger partial charge in [-0.15, -0.1) is 0 Å². The molecule has 1 aliphatic heterocycles. The Morgan fingerprint density at radius 2 is 1.88 bits per heavy atom. The molecule has 1 aromatic rings. The Bertz CT molecular complexity index is 410. The van der Waals surface area contributed by atoms with E-state index in [1.807, 2.05) is 0 Å². The number of amides is 2. The van der Waals surface area contributed by atoms with Crippen molar-refractivity contribution in [3.63, 3.8) is 0 Å². The number of nitrogens with one attached hydrogen (secondary N) is 2. The van der Waals surface area contributed by atoms with Crippen molar-refractivity contribution in [1.29, 1.82) is 0 Å². The fourth-order valence-corrected chi connectivity index (χ4v) is 1.44. The second-order valence-electron chi connectivity index (χ2n) is 3.79. The van der Waals surface area contributed by atoms with Gasteiger partial charge in [-0.1, -0.05) is 0 Å². The summed E-state index contributed by atoms with van der Waals surface area (Å²) < 4.78 is 0. The van der Waals surface area contributed by atoms with E-state index in [4.69, 9.17) is 5.73 Å². The maximum absolute atomic E-state index is 11.6. The summed E-state index contributed by atoms with van der Waals surface area (Å²) in [5.74, 6) is -0.414. The smallest absolute Gasteiger partial charge is 0.248 e. The second-order valence-corrected chi connectivity index (χ2v) is 3.79. The Hall–Kier alpha value is -1.88. The highest BCUT2D eigenvalue weighted by molar-refractivity contribution is 5.95. The van der Waals surface area contributed by atoms with Crippen LogP contribution in [0.2, 0.25) is 0 Å². The number of nitrogens with two attached hydrogens (primary N) is 1. The molecule has 0 saturated carbocycles. The molecule has 84 valence electrons. The molecule has 1 fully saturated rings. The lowest BCUT2D eigenvalue weighted by Crippen LogP contribution is -2.48. The summed E-state index contributed by atoms with van der Waals surface area (Å²) in [6.45, 7) is 1.45. The van der Waals surface area contributed by atoms with Crippen LogP contribution in [0.1, 0.15) is 10.4 Å². The van der Waals surface area contributed by atoms with E-state index in [1.54, 1.807) is 24.3 Å². The number of anilines is 1. The lowest BCUT2D eigenvalue weighted by Gasteiger charge is -2.25. The van der Waals surface area contributed by atoms with Crippen molar-refractivity contribution in [3.8, 4) is 0 Å². The van der Waals surface area contributed by atoms with Crippen molar-refractivity contribution in [2.75, 3.05) is 18.4 Å². The summed E-state index contributed by atoms with van der Waals surface area (Å²) in [6, 6.07) is 6.53. The number of hydrogen-bond donors (Lipinski definition) is 3. The number of benzene rings is 1. The lowest BCUT2D eigenvalue weighted by atomic mass is 10.0. The average molecular weight is 219 g/mol. The van der Waals surface area contributed by atoms with E-state index >= 15 is 0 Å². The van der Waals surface area contributed by atoms with E-state index in [1.165, 1.54) is 0 Å². The van der Waals surface area contributed by atoms with Crippen LogP contribution < -0.4 is 16.4 Å². The zero-order chi connectivity index (χ0) is 11.5. The second kappa shape index (κ2) is 4.32. The van der Waals surface area contributed by atoms with Gasteiger partial charge in [-0.25, -0.2) is 0 Å². The van der Waals surface area contributed by atoms with Gasteiger partial charge in [-0.05, 0) is 24.3 Å². The van der Waals surface area contributed by atoms with Gasteiger partial charge in [0.05, 0.1) is 5.92 Å². The van der Waals surface area contributed by atoms with Crippen LogP contribution in [0.25, 0.3) is 0 Å². The Labute approximate surface area is 93.0 Å². The quantitative estimate of drug-likeness (QED) is 0.666. The van der Waals surface area contributed by atoms with E-state index in [9.17, 15) is 9.59 Å². The summed E-state index contributed by atoms with van der Waals surface area (Å²) in [6.07, 6.45) is 0. The van der Waals surface area contributed by atoms with Gasteiger partial charge in [-0.2, -0.15) is 0 Å². The Balaban J connectivity index is 1.99. The van der Waals surface area contributed by atoms with Crippen molar-refractivity contribution in [1.82, 2.24) is 5.32 Å². The topological polar surface area (TPSA) is 84.2 Å². The number of carbonyl (C=O) groups is 2. The Morgan fingerprint density at radius 3 is 2.31 bits per heavy atom. The number of hydrogen-bond acceptors (Lipinski definition) is 3. The average Bonchev–Trinajstić information content (AvgIpc) is 2.15. The minimum Gasteiger partial charge on any atom is -0.366 e. The van der Waals surface area contributed by atoms with Gasteiger partial charge < -0.3 is 16.4 Å². The number of rotatable bonds is 3. The van der Waals surface area contributed by atoms with E-state index in [0.717, 1.165) is 13.1 Å². The molecule has 0 spiro atoms. The minimum atomic E-state index is -0.471. The zero-order valence-corrected chi connectivity index (χ0v) is 8.69. The minimum absolute atomic E-state index is 0.00516. The molecule has 1 saturated heterocycles. The Morgan fingerprint density at radius 1 is 1.25 bits per heavy atom. The third-order valence-electron chi connectivity index (χ3n) is 2.59. The summed E-state index contributed by atoms with van der Waals surface area (Å²) in [5.41, 5.74) is 6.23. The van der Waals surface area contributed by atoms with Crippen LogP contribution in [0, 0.1) is 5.92 Å². The normalized spacial score (nSPS) is 15.2. The molecule has 1 heterocycles. The molecule has 5 heteroatoms. The number of carbonyl (C=O) groups excluding carboxylic acids is 2. The van der Waals surface area contributed by atoms with E-state index in [-0.39, 0.29) is 11.8 Å². The molecule has 16 heavy (non-hydrogen) atoms. The third kappa shape index (κ3) is 2.20. The van der Waals surface area contributed by atoms with Crippen LogP contribution in [0.15, 0.2) is 24.3 Å². The number of primary amides is 1. The van der Waals surface area contributed by atoms with Gasteiger partial charge in [0.2, 0.25) is 11.8 Å². The van der Waals surface area contributed by atoms with Crippen molar-refractivity contribution in [3.05, 3.63) is 29.8 Å². The molecule has 0 aliphatic carbocycles. The molecule has 0 atom stereocenters. The summed E-state index contributed by atoms with van der Waals surface area (Å²) in [4.78, 5) is 22.4. The largest absolute Gasteiger partial charge is 0.366 e. The molecule has 2 amide bonds. The van der Waals surface area contributed by atoms with Gasteiger partial charge in [0.15, 0.2) is 0 Å². The van der Waals surface area contributed by atoms with Crippen LogP contribution in [0.5, 0.6) is 0 Å². The van der Waals surface area contributed by atoms with Gasteiger partial charge in [-0.3, -0.25) is 9.59 Å². The first kappa shape index (κ1) is 10.6. The maximum Gasteiger partial charge on any atom is 0.248 e. The molecule has 0 unspecified atom stereocenters. The van der Waals surface area contributed by atoms with Crippen molar-refractivity contribution in [2.45, 2.75) is 0 Å². The molecule has 0 bridgehead atoms. The fraction of sp³-hybridized carbons (Fsp3) is 0.273. The van der Waals surface area contributed by atoms with E-state index in [0.29, 0.717) is 11.3 Å². The monoisotopic (exact) mass is 219 g/mol. The molecule has 2 rings (SSSR count).